The van der Waals surface area contributed by atoms with E-state index in [4.69, 9.17) is 4.74 Å². The van der Waals surface area contributed by atoms with Gasteiger partial charge in [-0.1, -0.05) is 24.3 Å². The molecular formula is C25H32N4O4. The largest absolute Gasteiger partial charge is 0.468 e. The van der Waals surface area contributed by atoms with Gasteiger partial charge < -0.3 is 19.6 Å². The summed E-state index contributed by atoms with van der Waals surface area (Å²) in [6.45, 7) is 3.59. The third-order valence-corrected chi connectivity index (χ3v) is 6.54. The number of aryl methyl sites for hydroxylation is 2. The standard InChI is InChI=1S/C25H32N4O4/c1-33-23(30)18-29(21-9-3-2-4-10-21)22-13-16-27(17-22)14-6-8-20-12-11-19-7-5-15-28(25(31)32)24(19)26-20/h2-4,9-12,22H,5-8,13-18H2,1H3,(H,31,32). The highest BCUT2D eigenvalue weighted by Gasteiger charge is 2.29. The summed E-state index contributed by atoms with van der Waals surface area (Å²) in [5.41, 5.74) is 2.99. The second-order valence-electron chi connectivity index (χ2n) is 8.71. The van der Waals surface area contributed by atoms with E-state index < -0.39 is 6.09 Å². The second-order valence-corrected chi connectivity index (χ2v) is 8.71. The first-order valence-corrected chi connectivity index (χ1v) is 11.7. The number of benzene rings is 1. The van der Waals surface area contributed by atoms with Crippen LogP contribution in [-0.2, 0) is 22.4 Å². The lowest BCUT2D eigenvalue weighted by Gasteiger charge is -2.30. The first kappa shape index (κ1) is 23.0. The third-order valence-electron chi connectivity index (χ3n) is 6.54. The molecule has 2 aliphatic heterocycles. The van der Waals surface area contributed by atoms with Crippen molar-refractivity contribution in [1.29, 1.82) is 0 Å². The van der Waals surface area contributed by atoms with Crippen molar-refractivity contribution in [2.75, 3.05) is 49.6 Å². The molecule has 1 amide bonds. The molecule has 8 heteroatoms. The number of carbonyl (C=O) groups is 2. The molecule has 1 saturated heterocycles. The summed E-state index contributed by atoms with van der Waals surface area (Å²) in [5, 5.41) is 9.46. The van der Waals surface area contributed by atoms with E-state index in [1.54, 1.807) is 0 Å². The number of hydrogen-bond donors (Lipinski definition) is 1. The fourth-order valence-corrected chi connectivity index (χ4v) is 4.81. The van der Waals surface area contributed by atoms with Gasteiger partial charge in [0.2, 0.25) is 0 Å². The number of carboxylic acid groups (broad SMARTS) is 1. The molecule has 176 valence electrons. The van der Waals surface area contributed by atoms with E-state index in [2.05, 4.69) is 14.8 Å². The predicted octanol–water partition coefficient (Wildman–Crippen LogP) is 3.20. The smallest absolute Gasteiger partial charge is 0.413 e. The number of esters is 1. The first-order valence-electron chi connectivity index (χ1n) is 11.7. The summed E-state index contributed by atoms with van der Waals surface area (Å²) in [5.74, 6) is 0.375. The van der Waals surface area contributed by atoms with E-state index >= 15 is 0 Å². The van der Waals surface area contributed by atoms with Crippen molar-refractivity contribution in [2.45, 2.75) is 38.1 Å². The Morgan fingerprint density at radius 1 is 1.18 bits per heavy atom. The van der Waals surface area contributed by atoms with Gasteiger partial charge in [-0.15, -0.1) is 0 Å². The zero-order valence-electron chi connectivity index (χ0n) is 19.2. The number of nitrogens with zero attached hydrogens (tertiary/aromatic N) is 4. The Bertz CT molecular complexity index is 968. The van der Waals surface area contributed by atoms with Crippen LogP contribution in [-0.4, -0.2) is 72.9 Å². The van der Waals surface area contributed by atoms with Crippen LogP contribution in [0.15, 0.2) is 42.5 Å². The van der Waals surface area contributed by atoms with Crippen LogP contribution in [0.1, 0.15) is 30.5 Å². The van der Waals surface area contributed by atoms with Crippen LogP contribution in [0.3, 0.4) is 0 Å². The van der Waals surface area contributed by atoms with E-state index in [1.165, 1.54) is 12.0 Å². The molecule has 33 heavy (non-hydrogen) atoms. The Hall–Kier alpha value is -3.13. The number of carbonyl (C=O) groups excluding carboxylic acids is 1. The monoisotopic (exact) mass is 452 g/mol. The molecule has 0 aliphatic carbocycles. The summed E-state index contributed by atoms with van der Waals surface area (Å²) in [6, 6.07) is 14.4. The van der Waals surface area contributed by atoms with Crippen LogP contribution >= 0.6 is 0 Å². The summed E-state index contributed by atoms with van der Waals surface area (Å²) in [6.07, 6.45) is 3.55. The molecular weight excluding hydrogens is 420 g/mol. The van der Waals surface area contributed by atoms with Gasteiger partial charge in [0, 0.05) is 37.1 Å². The molecule has 2 aromatic rings. The number of methoxy groups -OCH3 is 1. The van der Waals surface area contributed by atoms with Gasteiger partial charge >= 0.3 is 12.1 Å². The van der Waals surface area contributed by atoms with Gasteiger partial charge in [-0.25, -0.2) is 9.78 Å². The number of ether oxygens (including phenoxy) is 1. The molecule has 1 aromatic heterocycles. The third kappa shape index (κ3) is 5.63. The zero-order valence-corrected chi connectivity index (χ0v) is 19.2. The summed E-state index contributed by atoms with van der Waals surface area (Å²) >= 11 is 0. The average Bonchev–Trinajstić information content (AvgIpc) is 3.30. The Morgan fingerprint density at radius 2 is 2.00 bits per heavy atom. The van der Waals surface area contributed by atoms with Gasteiger partial charge in [-0.05, 0) is 62.4 Å². The van der Waals surface area contributed by atoms with Gasteiger partial charge in [0.15, 0.2) is 0 Å². The van der Waals surface area contributed by atoms with Crippen molar-refractivity contribution >= 4 is 23.6 Å². The maximum atomic E-state index is 12.0. The summed E-state index contributed by atoms with van der Waals surface area (Å²) in [4.78, 5) is 34.2. The first-order chi connectivity index (χ1) is 16.0. The summed E-state index contributed by atoms with van der Waals surface area (Å²) < 4.78 is 4.92. The van der Waals surface area contributed by atoms with Crippen molar-refractivity contribution in [3.05, 3.63) is 53.7 Å². The van der Waals surface area contributed by atoms with Gasteiger partial charge in [0.1, 0.15) is 12.4 Å². The van der Waals surface area contributed by atoms with E-state index in [1.807, 2.05) is 42.5 Å². The fourth-order valence-electron chi connectivity index (χ4n) is 4.81. The number of para-hydroxylation sites is 1. The molecule has 0 bridgehead atoms. The van der Waals surface area contributed by atoms with Crippen LogP contribution in [0, 0.1) is 0 Å². The molecule has 1 fully saturated rings. The highest BCUT2D eigenvalue weighted by Crippen LogP contribution is 2.26. The van der Waals surface area contributed by atoms with Gasteiger partial charge in [0.05, 0.1) is 7.11 Å². The van der Waals surface area contributed by atoms with Crippen LogP contribution in [0.2, 0.25) is 0 Å². The van der Waals surface area contributed by atoms with E-state index in [-0.39, 0.29) is 18.6 Å². The molecule has 0 radical (unpaired) electrons. The quantitative estimate of drug-likeness (QED) is 0.616. The van der Waals surface area contributed by atoms with E-state index in [0.29, 0.717) is 12.4 Å². The van der Waals surface area contributed by atoms with Crippen molar-refractivity contribution < 1.29 is 19.4 Å². The minimum absolute atomic E-state index is 0.230. The highest BCUT2D eigenvalue weighted by molar-refractivity contribution is 5.86. The van der Waals surface area contributed by atoms with Crippen molar-refractivity contribution in [3.8, 4) is 0 Å². The molecule has 2 aliphatic rings. The Balaban J connectivity index is 1.33. The molecule has 4 rings (SSSR count). The summed E-state index contributed by atoms with van der Waals surface area (Å²) in [7, 11) is 1.43. The molecule has 1 aromatic carbocycles. The SMILES string of the molecule is COC(=O)CN(c1ccccc1)C1CCN(CCCc2ccc3c(n2)N(C(=O)O)CCC3)C1. The van der Waals surface area contributed by atoms with Crippen molar-refractivity contribution in [2.24, 2.45) is 0 Å². The zero-order chi connectivity index (χ0) is 23.2. The van der Waals surface area contributed by atoms with Crippen LogP contribution in [0.5, 0.6) is 0 Å². The molecule has 3 heterocycles. The maximum Gasteiger partial charge on any atom is 0.413 e. The van der Waals surface area contributed by atoms with Crippen LogP contribution in [0.4, 0.5) is 16.3 Å². The van der Waals surface area contributed by atoms with Crippen LogP contribution < -0.4 is 9.80 Å². The van der Waals surface area contributed by atoms with Crippen molar-refractivity contribution in [3.63, 3.8) is 0 Å². The molecule has 0 spiro atoms. The molecule has 8 nitrogen and oxygen atoms in total. The molecule has 1 N–H and O–H groups in total. The molecule has 1 atom stereocenters. The fraction of sp³-hybridized carbons (Fsp3) is 0.480. The topological polar surface area (TPSA) is 86.2 Å². The number of anilines is 2. The predicted molar refractivity (Wildman–Crippen MR) is 127 cm³/mol. The number of hydrogen-bond acceptors (Lipinski definition) is 6. The Morgan fingerprint density at radius 3 is 2.76 bits per heavy atom. The van der Waals surface area contributed by atoms with Crippen LogP contribution in [0.25, 0.3) is 0 Å². The minimum Gasteiger partial charge on any atom is -0.468 e. The Labute approximate surface area is 194 Å². The normalized spacial score (nSPS) is 18.1. The lowest BCUT2D eigenvalue weighted by Crippen LogP contribution is -2.41. The van der Waals surface area contributed by atoms with E-state index in [9.17, 15) is 14.7 Å². The second kappa shape index (κ2) is 10.7. The number of aromatic nitrogens is 1. The van der Waals surface area contributed by atoms with Gasteiger partial charge in [-0.2, -0.15) is 0 Å². The molecule has 0 saturated carbocycles. The minimum atomic E-state index is -0.932. The Kier molecular flexibility index (Phi) is 7.44. The van der Waals surface area contributed by atoms with Crippen molar-refractivity contribution in [1.82, 2.24) is 9.88 Å². The number of likely N-dealkylation sites (tertiary alicyclic amines) is 1. The average molecular weight is 453 g/mol. The lowest BCUT2D eigenvalue weighted by atomic mass is 10.0. The lowest BCUT2D eigenvalue weighted by molar-refractivity contribution is -0.139. The maximum absolute atomic E-state index is 12.0. The molecule has 1 unspecified atom stereocenters. The van der Waals surface area contributed by atoms with Gasteiger partial charge in [-0.3, -0.25) is 9.69 Å². The highest BCUT2D eigenvalue weighted by atomic mass is 16.5. The van der Waals surface area contributed by atoms with E-state index in [0.717, 1.165) is 68.7 Å². The number of fused-ring (bicyclic) bond motifs is 1. The number of pyridine rings is 1. The number of rotatable bonds is 8. The van der Waals surface area contributed by atoms with Gasteiger partial charge in [0.25, 0.3) is 0 Å². The number of amides is 1.